The van der Waals surface area contributed by atoms with Crippen LogP contribution in [0.1, 0.15) is 37.7 Å². The van der Waals surface area contributed by atoms with E-state index in [0.717, 1.165) is 22.6 Å². The van der Waals surface area contributed by atoms with Gasteiger partial charge in [0, 0.05) is 23.9 Å². The summed E-state index contributed by atoms with van der Waals surface area (Å²) in [5, 5.41) is 8.97. The number of benzene rings is 1. The van der Waals surface area contributed by atoms with Crippen LogP contribution >= 0.6 is 0 Å². The van der Waals surface area contributed by atoms with E-state index in [1.54, 1.807) is 24.3 Å². The summed E-state index contributed by atoms with van der Waals surface area (Å²) >= 11 is 0. The monoisotopic (exact) mass is 535 g/mol. The molecule has 0 spiro atoms. The van der Waals surface area contributed by atoms with Gasteiger partial charge in [0.2, 0.25) is 5.91 Å². The Hall–Kier alpha value is -4.53. The van der Waals surface area contributed by atoms with Gasteiger partial charge in [-0.1, -0.05) is 55.5 Å². The molecule has 1 aliphatic carbocycles. The maximum absolute atomic E-state index is 14.3. The summed E-state index contributed by atoms with van der Waals surface area (Å²) in [6.07, 6.45) is 16.5. The fraction of sp³-hybridized carbons (Fsp3) is 0.323. The highest BCUT2D eigenvalue weighted by atomic mass is 16.5. The number of fused-ring (bicyclic) bond motifs is 1. The van der Waals surface area contributed by atoms with Crippen LogP contribution in [0.2, 0.25) is 0 Å². The molecule has 1 aliphatic heterocycles. The van der Waals surface area contributed by atoms with Gasteiger partial charge in [0.25, 0.3) is 0 Å². The van der Waals surface area contributed by atoms with Gasteiger partial charge in [-0.15, -0.1) is 5.10 Å². The van der Waals surface area contributed by atoms with Gasteiger partial charge in [0.05, 0.1) is 49.3 Å². The number of allylic oxidation sites excluding steroid dienone is 2. The number of methoxy groups -OCH3 is 1. The lowest BCUT2D eigenvalue weighted by atomic mass is 9.70. The number of carbonyl (C=O) groups is 1. The first-order valence-electron chi connectivity index (χ1n) is 13.5. The zero-order valence-electron chi connectivity index (χ0n) is 23.2. The lowest BCUT2D eigenvalue weighted by Gasteiger charge is -2.39. The van der Waals surface area contributed by atoms with E-state index in [-0.39, 0.29) is 23.3 Å². The molecule has 3 unspecified atom stereocenters. The Kier molecular flexibility index (Phi) is 6.57. The van der Waals surface area contributed by atoms with Gasteiger partial charge in [-0.05, 0) is 43.0 Å². The van der Waals surface area contributed by atoms with E-state index in [2.05, 4.69) is 52.4 Å². The Bertz CT molecular complexity index is 1580. The molecule has 1 amide bonds. The lowest BCUT2D eigenvalue weighted by Crippen LogP contribution is -2.45. The van der Waals surface area contributed by atoms with Gasteiger partial charge in [-0.25, -0.2) is 9.67 Å². The number of likely N-dealkylation sites (tertiary alicyclic amines) is 1. The number of imidazole rings is 1. The second-order valence-electron chi connectivity index (χ2n) is 11.2. The van der Waals surface area contributed by atoms with E-state index < -0.39 is 6.04 Å². The average molecular weight is 536 g/mol. The lowest BCUT2D eigenvalue weighted by molar-refractivity contribution is -0.137. The molecule has 6 rings (SSSR count). The number of pyridine rings is 1. The summed E-state index contributed by atoms with van der Waals surface area (Å²) in [5.41, 5.74) is 4.03. The van der Waals surface area contributed by atoms with Crippen LogP contribution in [0.4, 0.5) is 0 Å². The number of rotatable bonds is 6. The predicted molar refractivity (Wildman–Crippen MR) is 152 cm³/mol. The number of nitrogens with zero attached hydrogens (tertiary/aromatic N) is 7. The Balaban J connectivity index is 1.35. The highest BCUT2D eigenvalue weighted by Crippen LogP contribution is 2.45. The van der Waals surface area contributed by atoms with Crippen LogP contribution in [0.25, 0.3) is 16.9 Å². The van der Waals surface area contributed by atoms with E-state index in [1.165, 1.54) is 0 Å². The van der Waals surface area contributed by atoms with Crippen molar-refractivity contribution in [3.05, 3.63) is 97.0 Å². The summed E-state index contributed by atoms with van der Waals surface area (Å²) < 4.78 is 9.36. The maximum atomic E-state index is 14.3. The zero-order valence-corrected chi connectivity index (χ0v) is 23.2. The van der Waals surface area contributed by atoms with Crippen molar-refractivity contribution in [2.24, 2.45) is 11.3 Å². The molecule has 204 valence electrons. The minimum absolute atomic E-state index is 0.0195. The number of aryl methyl sites for hydroxylation is 1. The molecule has 4 aromatic rings. The molecule has 1 saturated heterocycles. The standard InChI is InChI=1S/C31H33N7O2/c1-21-17-36(20-33-21)27-13-12-22(15-29(27)40-4)25-19-38(35-34-25)28-16-31(2,3)24-10-5-6-11-26(24)37(30(28)39)18-23-9-7-8-14-32-23/h5-15,17,19-20,24,26,28H,16,18H2,1-4H3. The van der Waals surface area contributed by atoms with Gasteiger partial charge in [0.1, 0.15) is 17.5 Å². The third-order valence-corrected chi connectivity index (χ3v) is 8.01. The molecule has 3 atom stereocenters. The Morgan fingerprint density at radius 3 is 2.67 bits per heavy atom. The number of amides is 1. The van der Waals surface area contributed by atoms with Crippen molar-refractivity contribution in [2.45, 2.75) is 45.8 Å². The van der Waals surface area contributed by atoms with Gasteiger partial charge in [-0.2, -0.15) is 0 Å². The predicted octanol–water partition coefficient (Wildman–Crippen LogP) is 4.95. The van der Waals surface area contributed by atoms with Crippen LogP contribution in [0.15, 0.2) is 85.6 Å². The molecule has 4 heterocycles. The molecule has 3 aromatic heterocycles. The molecule has 1 fully saturated rings. The molecule has 2 aliphatic rings. The second kappa shape index (κ2) is 10.2. The van der Waals surface area contributed by atoms with Gasteiger partial charge >= 0.3 is 0 Å². The fourth-order valence-corrected chi connectivity index (χ4v) is 5.90. The quantitative estimate of drug-likeness (QED) is 0.347. The highest BCUT2D eigenvalue weighted by Gasteiger charge is 2.47. The van der Waals surface area contributed by atoms with Crippen molar-refractivity contribution in [3.63, 3.8) is 0 Å². The SMILES string of the molecule is COc1cc(-c2cn(C3CC(C)(C)C4C=CC=CC4N(Cc4ccccn4)C3=O)nn2)ccc1-n1cnc(C)c1. The van der Waals surface area contributed by atoms with E-state index >= 15 is 0 Å². The van der Waals surface area contributed by atoms with Crippen LogP contribution in [0, 0.1) is 18.3 Å². The first-order valence-corrected chi connectivity index (χ1v) is 13.5. The Morgan fingerprint density at radius 1 is 1.07 bits per heavy atom. The highest BCUT2D eigenvalue weighted by molar-refractivity contribution is 5.82. The van der Waals surface area contributed by atoms with Gasteiger partial charge in [0.15, 0.2) is 0 Å². The van der Waals surface area contributed by atoms with Crippen LogP contribution in [-0.2, 0) is 11.3 Å². The number of aromatic nitrogens is 6. The second-order valence-corrected chi connectivity index (χ2v) is 11.2. The zero-order chi connectivity index (χ0) is 27.9. The van der Waals surface area contributed by atoms with Crippen molar-refractivity contribution in [3.8, 4) is 22.7 Å². The number of hydrogen-bond acceptors (Lipinski definition) is 6. The minimum atomic E-state index is -0.498. The summed E-state index contributed by atoms with van der Waals surface area (Å²) in [6, 6.07) is 11.1. The van der Waals surface area contributed by atoms with Crippen molar-refractivity contribution in [1.29, 1.82) is 0 Å². The molecular weight excluding hydrogens is 502 g/mol. The molecule has 40 heavy (non-hydrogen) atoms. The molecule has 0 N–H and O–H groups in total. The van der Waals surface area contributed by atoms with Gasteiger partial charge in [-0.3, -0.25) is 9.78 Å². The third kappa shape index (κ3) is 4.72. The number of ether oxygens (including phenoxy) is 1. The summed E-state index contributed by atoms with van der Waals surface area (Å²) in [5.74, 6) is 0.883. The Morgan fingerprint density at radius 2 is 1.93 bits per heavy atom. The number of hydrogen-bond donors (Lipinski definition) is 0. The normalized spacial score (nSPS) is 21.8. The van der Waals surface area contributed by atoms with E-state index in [9.17, 15) is 4.79 Å². The summed E-state index contributed by atoms with van der Waals surface area (Å²) in [7, 11) is 1.65. The number of carbonyl (C=O) groups excluding carboxylic acids is 1. The fourth-order valence-electron chi connectivity index (χ4n) is 5.90. The van der Waals surface area contributed by atoms with Crippen molar-refractivity contribution in [1.82, 2.24) is 34.4 Å². The molecular formula is C31H33N7O2. The van der Waals surface area contributed by atoms with Crippen LogP contribution < -0.4 is 4.74 Å². The third-order valence-electron chi connectivity index (χ3n) is 8.01. The largest absolute Gasteiger partial charge is 0.495 e. The van der Waals surface area contributed by atoms with Gasteiger partial charge < -0.3 is 14.2 Å². The van der Waals surface area contributed by atoms with E-state index in [0.29, 0.717) is 24.4 Å². The molecule has 9 nitrogen and oxygen atoms in total. The van der Waals surface area contributed by atoms with E-state index in [1.807, 2.05) is 71.3 Å². The molecule has 0 saturated carbocycles. The Labute approximate surface area is 233 Å². The van der Waals surface area contributed by atoms with Crippen LogP contribution in [0.3, 0.4) is 0 Å². The smallest absolute Gasteiger partial charge is 0.248 e. The first-order chi connectivity index (χ1) is 19.3. The molecule has 0 bridgehead atoms. The van der Waals surface area contributed by atoms with Crippen LogP contribution in [-0.4, -0.2) is 53.5 Å². The van der Waals surface area contributed by atoms with E-state index in [4.69, 9.17) is 4.74 Å². The molecule has 9 heteroatoms. The molecule has 0 radical (unpaired) electrons. The van der Waals surface area contributed by atoms with Crippen molar-refractivity contribution < 1.29 is 9.53 Å². The summed E-state index contributed by atoms with van der Waals surface area (Å²) in [6.45, 7) is 6.85. The van der Waals surface area contributed by atoms with Crippen LogP contribution in [0.5, 0.6) is 5.75 Å². The summed E-state index contributed by atoms with van der Waals surface area (Å²) in [4.78, 5) is 25.1. The van der Waals surface area contributed by atoms with Crippen molar-refractivity contribution >= 4 is 5.91 Å². The minimum Gasteiger partial charge on any atom is -0.495 e. The maximum Gasteiger partial charge on any atom is 0.248 e. The first kappa shape index (κ1) is 25.7. The van der Waals surface area contributed by atoms with Crippen molar-refractivity contribution in [2.75, 3.05) is 7.11 Å². The topological polar surface area (TPSA) is 91.0 Å². The molecule has 1 aromatic carbocycles. The average Bonchev–Trinajstić information content (AvgIpc) is 3.62.